The second-order valence-electron chi connectivity index (χ2n) is 3.91. The van der Waals surface area contributed by atoms with Gasteiger partial charge in [0.05, 0.1) is 29.7 Å². The molecule has 7 heteroatoms. The quantitative estimate of drug-likeness (QED) is 0.606. The molecule has 104 valence electrons. The Labute approximate surface area is 134 Å². The van der Waals surface area contributed by atoms with Crippen molar-refractivity contribution in [2.24, 2.45) is 0 Å². The SMILES string of the molecule is COC(=O)c1cc(N)cnc1Nc1ccc(I)cc1Cl. The lowest BCUT2D eigenvalue weighted by atomic mass is 10.2. The summed E-state index contributed by atoms with van der Waals surface area (Å²) in [5.74, 6) is -0.178. The molecule has 0 aliphatic rings. The van der Waals surface area contributed by atoms with Crippen LogP contribution in [0.3, 0.4) is 0 Å². The number of carbonyl (C=O) groups is 1. The second kappa shape index (κ2) is 6.27. The highest BCUT2D eigenvalue weighted by Gasteiger charge is 2.15. The third kappa shape index (κ3) is 3.31. The van der Waals surface area contributed by atoms with Gasteiger partial charge in [-0.2, -0.15) is 0 Å². The van der Waals surface area contributed by atoms with Crippen molar-refractivity contribution in [2.45, 2.75) is 0 Å². The summed E-state index contributed by atoms with van der Waals surface area (Å²) in [6, 6.07) is 7.01. The molecule has 2 aromatic rings. The molecule has 3 N–H and O–H groups in total. The minimum Gasteiger partial charge on any atom is -0.465 e. The van der Waals surface area contributed by atoms with Crippen LogP contribution >= 0.6 is 34.2 Å². The van der Waals surface area contributed by atoms with Crippen LogP contribution < -0.4 is 11.1 Å². The fourth-order valence-electron chi connectivity index (χ4n) is 1.56. The monoisotopic (exact) mass is 403 g/mol. The molecule has 0 bridgehead atoms. The molecule has 2 rings (SSSR count). The first-order valence-corrected chi connectivity index (χ1v) is 7.03. The highest BCUT2D eigenvalue weighted by atomic mass is 127. The number of nitrogens with two attached hydrogens (primary N) is 1. The van der Waals surface area contributed by atoms with Crippen LogP contribution in [-0.4, -0.2) is 18.1 Å². The molecule has 0 radical (unpaired) electrons. The van der Waals surface area contributed by atoms with Gasteiger partial charge in [0.25, 0.3) is 0 Å². The number of rotatable bonds is 3. The van der Waals surface area contributed by atoms with Crippen molar-refractivity contribution in [1.82, 2.24) is 4.98 Å². The molecule has 1 aromatic heterocycles. The molecule has 1 heterocycles. The number of methoxy groups -OCH3 is 1. The summed E-state index contributed by atoms with van der Waals surface area (Å²) in [4.78, 5) is 15.8. The predicted molar refractivity (Wildman–Crippen MR) is 87.4 cm³/mol. The van der Waals surface area contributed by atoms with Gasteiger partial charge < -0.3 is 15.8 Å². The van der Waals surface area contributed by atoms with Crippen LogP contribution in [0.4, 0.5) is 17.2 Å². The number of esters is 1. The van der Waals surface area contributed by atoms with E-state index in [0.29, 0.717) is 22.2 Å². The van der Waals surface area contributed by atoms with E-state index in [2.05, 4.69) is 32.9 Å². The van der Waals surface area contributed by atoms with E-state index in [1.54, 1.807) is 6.07 Å². The van der Waals surface area contributed by atoms with Crippen LogP contribution in [0.15, 0.2) is 30.5 Å². The topological polar surface area (TPSA) is 77.2 Å². The maximum absolute atomic E-state index is 11.7. The summed E-state index contributed by atoms with van der Waals surface area (Å²) in [5.41, 5.74) is 6.92. The van der Waals surface area contributed by atoms with E-state index in [-0.39, 0.29) is 5.56 Å². The van der Waals surface area contributed by atoms with Crippen molar-refractivity contribution in [3.05, 3.63) is 44.6 Å². The highest BCUT2D eigenvalue weighted by molar-refractivity contribution is 14.1. The number of halogens is 2. The lowest BCUT2D eigenvalue weighted by Gasteiger charge is -2.11. The molecule has 1 aromatic carbocycles. The number of carbonyl (C=O) groups excluding carboxylic acids is 1. The van der Waals surface area contributed by atoms with Gasteiger partial charge in [0.15, 0.2) is 0 Å². The molecule has 0 aliphatic heterocycles. The van der Waals surface area contributed by atoms with E-state index in [9.17, 15) is 4.79 Å². The van der Waals surface area contributed by atoms with E-state index in [1.165, 1.54) is 19.4 Å². The Bertz CT molecular complexity index is 664. The van der Waals surface area contributed by atoms with Gasteiger partial charge in [-0.25, -0.2) is 9.78 Å². The predicted octanol–water partition coefficient (Wildman–Crippen LogP) is 3.45. The Morgan fingerprint density at radius 2 is 2.20 bits per heavy atom. The van der Waals surface area contributed by atoms with Crippen LogP contribution in [0.5, 0.6) is 0 Å². The zero-order chi connectivity index (χ0) is 14.7. The van der Waals surface area contributed by atoms with Crippen LogP contribution in [0.2, 0.25) is 5.02 Å². The molecule has 20 heavy (non-hydrogen) atoms. The normalized spacial score (nSPS) is 10.2. The first-order valence-electron chi connectivity index (χ1n) is 5.57. The summed E-state index contributed by atoms with van der Waals surface area (Å²) in [6.07, 6.45) is 1.45. The number of aromatic nitrogens is 1. The Kier molecular flexibility index (Phi) is 4.66. The number of benzene rings is 1. The fourth-order valence-corrected chi connectivity index (χ4v) is 2.47. The number of hydrogen-bond donors (Lipinski definition) is 2. The first-order chi connectivity index (χ1) is 9.51. The van der Waals surface area contributed by atoms with Crippen molar-refractivity contribution < 1.29 is 9.53 Å². The molecule has 0 amide bonds. The third-order valence-electron chi connectivity index (χ3n) is 2.50. The van der Waals surface area contributed by atoms with Gasteiger partial charge in [0.2, 0.25) is 0 Å². The maximum Gasteiger partial charge on any atom is 0.341 e. The lowest BCUT2D eigenvalue weighted by Crippen LogP contribution is -2.08. The van der Waals surface area contributed by atoms with Gasteiger partial charge in [-0.3, -0.25) is 0 Å². The number of nitrogens with zero attached hydrogens (tertiary/aromatic N) is 1. The fraction of sp³-hybridized carbons (Fsp3) is 0.0769. The summed E-state index contributed by atoms with van der Waals surface area (Å²) >= 11 is 8.30. The van der Waals surface area contributed by atoms with Gasteiger partial charge in [0, 0.05) is 3.57 Å². The molecule has 0 saturated carbocycles. The summed E-state index contributed by atoms with van der Waals surface area (Å²) in [7, 11) is 1.30. The number of ether oxygens (including phenoxy) is 1. The average Bonchev–Trinajstić information content (AvgIpc) is 2.42. The zero-order valence-electron chi connectivity index (χ0n) is 10.5. The molecule has 0 spiro atoms. The Morgan fingerprint density at radius 1 is 1.45 bits per heavy atom. The molecule has 0 unspecified atom stereocenters. The largest absolute Gasteiger partial charge is 0.465 e. The summed E-state index contributed by atoms with van der Waals surface area (Å²) in [5, 5.41) is 3.54. The number of nitrogen functional groups attached to an aromatic ring is 1. The lowest BCUT2D eigenvalue weighted by molar-refractivity contribution is 0.0601. The molecular formula is C13H11ClIN3O2. The van der Waals surface area contributed by atoms with Crippen molar-refractivity contribution in [3.8, 4) is 0 Å². The average molecular weight is 404 g/mol. The molecule has 0 atom stereocenters. The van der Waals surface area contributed by atoms with Crippen molar-refractivity contribution >= 4 is 57.4 Å². The maximum atomic E-state index is 11.7. The first kappa shape index (κ1) is 14.9. The molecule has 0 aliphatic carbocycles. The van der Waals surface area contributed by atoms with E-state index in [0.717, 1.165) is 3.57 Å². The van der Waals surface area contributed by atoms with Gasteiger partial charge >= 0.3 is 5.97 Å². The van der Waals surface area contributed by atoms with Crippen LogP contribution in [0.25, 0.3) is 0 Å². The number of anilines is 3. The molecular weight excluding hydrogens is 393 g/mol. The van der Waals surface area contributed by atoms with E-state index >= 15 is 0 Å². The smallest absolute Gasteiger partial charge is 0.341 e. The van der Waals surface area contributed by atoms with Gasteiger partial charge in [-0.1, -0.05) is 11.6 Å². The Hall–Kier alpha value is -1.54. The number of hydrogen-bond acceptors (Lipinski definition) is 5. The third-order valence-corrected chi connectivity index (χ3v) is 3.48. The Balaban J connectivity index is 2.40. The molecule has 0 saturated heterocycles. The zero-order valence-corrected chi connectivity index (χ0v) is 13.4. The summed E-state index contributed by atoms with van der Waals surface area (Å²) in [6.45, 7) is 0. The standard InChI is InChI=1S/C13H11ClIN3O2/c1-20-13(19)9-5-8(16)6-17-12(9)18-11-3-2-7(15)4-10(11)14/h2-6H,16H2,1H3,(H,17,18). The van der Waals surface area contributed by atoms with Crippen molar-refractivity contribution in [2.75, 3.05) is 18.2 Å². The van der Waals surface area contributed by atoms with Gasteiger partial charge in [0.1, 0.15) is 11.4 Å². The molecule has 5 nitrogen and oxygen atoms in total. The number of pyridine rings is 1. The minimum atomic E-state index is -0.520. The minimum absolute atomic E-state index is 0.252. The Morgan fingerprint density at radius 3 is 2.85 bits per heavy atom. The van der Waals surface area contributed by atoms with Crippen LogP contribution in [0.1, 0.15) is 10.4 Å². The second-order valence-corrected chi connectivity index (χ2v) is 5.56. The van der Waals surface area contributed by atoms with E-state index in [1.807, 2.05) is 12.1 Å². The van der Waals surface area contributed by atoms with Crippen molar-refractivity contribution in [3.63, 3.8) is 0 Å². The summed E-state index contributed by atoms with van der Waals surface area (Å²) < 4.78 is 5.72. The van der Waals surface area contributed by atoms with Crippen LogP contribution in [0, 0.1) is 3.57 Å². The highest BCUT2D eigenvalue weighted by Crippen LogP contribution is 2.28. The van der Waals surface area contributed by atoms with E-state index in [4.69, 9.17) is 22.1 Å². The van der Waals surface area contributed by atoms with Crippen molar-refractivity contribution in [1.29, 1.82) is 0 Å². The van der Waals surface area contributed by atoms with Gasteiger partial charge in [-0.05, 0) is 46.9 Å². The van der Waals surface area contributed by atoms with E-state index < -0.39 is 5.97 Å². The van der Waals surface area contributed by atoms with Crippen LogP contribution in [-0.2, 0) is 4.74 Å². The number of nitrogens with one attached hydrogen (secondary N) is 1. The molecule has 0 fully saturated rings. The van der Waals surface area contributed by atoms with Gasteiger partial charge in [-0.15, -0.1) is 0 Å².